The zero-order chi connectivity index (χ0) is 14.7. The highest BCUT2D eigenvalue weighted by Gasteiger charge is 2.18. The van der Waals surface area contributed by atoms with Gasteiger partial charge in [-0.15, -0.1) is 11.8 Å². The van der Waals surface area contributed by atoms with Crippen LogP contribution < -0.4 is 5.73 Å². The summed E-state index contributed by atoms with van der Waals surface area (Å²) in [4.78, 5) is 20.2. The second kappa shape index (κ2) is 5.91. The summed E-state index contributed by atoms with van der Waals surface area (Å²) in [5, 5.41) is 4.90. The summed E-state index contributed by atoms with van der Waals surface area (Å²) in [6, 6.07) is 1.76. The van der Waals surface area contributed by atoms with Crippen LogP contribution in [0.1, 0.15) is 23.1 Å². The molecular formula is C12H15N5O2S. The van der Waals surface area contributed by atoms with E-state index in [2.05, 4.69) is 15.1 Å². The predicted octanol–water partition coefficient (Wildman–Crippen LogP) is 1.45. The van der Waals surface area contributed by atoms with E-state index in [1.807, 2.05) is 6.26 Å². The van der Waals surface area contributed by atoms with Crippen LogP contribution in [0.15, 0.2) is 17.3 Å². The molecule has 0 aliphatic heterocycles. The molecular weight excluding hydrogens is 278 g/mol. The summed E-state index contributed by atoms with van der Waals surface area (Å²) in [6.45, 7) is 3.80. The summed E-state index contributed by atoms with van der Waals surface area (Å²) in [5.41, 5.74) is 6.17. The Labute approximate surface area is 120 Å². The minimum atomic E-state index is -0.493. The van der Waals surface area contributed by atoms with Gasteiger partial charge in [0.25, 0.3) is 0 Å². The Bertz CT molecular complexity index is 641. The standard InChI is InChI=1S/C12H15N5O2S/c1-4-19-12(18)8-6-14-17(11(8)13)9-5-10(20-3)16-7(2)15-9/h5-6H,4,13H2,1-3H3. The number of nitrogens with two attached hydrogens (primary N) is 1. The highest BCUT2D eigenvalue weighted by atomic mass is 32.2. The number of hydrogen-bond acceptors (Lipinski definition) is 7. The van der Waals surface area contributed by atoms with Gasteiger partial charge in [0.1, 0.15) is 22.2 Å². The van der Waals surface area contributed by atoms with Crippen molar-refractivity contribution in [3.8, 4) is 5.82 Å². The Hall–Kier alpha value is -2.09. The molecule has 0 saturated heterocycles. The number of rotatable bonds is 4. The second-order valence-corrected chi connectivity index (χ2v) is 4.72. The fourth-order valence-electron chi connectivity index (χ4n) is 1.64. The maximum absolute atomic E-state index is 11.7. The number of esters is 1. The van der Waals surface area contributed by atoms with E-state index in [1.54, 1.807) is 19.9 Å². The SMILES string of the molecule is CCOC(=O)c1cnn(-c2cc(SC)nc(C)n2)c1N. The summed E-state index contributed by atoms with van der Waals surface area (Å²) < 4.78 is 6.32. The summed E-state index contributed by atoms with van der Waals surface area (Å²) >= 11 is 1.49. The van der Waals surface area contributed by atoms with E-state index < -0.39 is 5.97 Å². The third-order valence-electron chi connectivity index (χ3n) is 2.53. The molecule has 0 radical (unpaired) electrons. The van der Waals surface area contributed by atoms with Crippen LogP contribution in [0.5, 0.6) is 0 Å². The molecule has 0 amide bonds. The van der Waals surface area contributed by atoms with E-state index in [9.17, 15) is 4.79 Å². The molecule has 7 nitrogen and oxygen atoms in total. The maximum atomic E-state index is 11.7. The number of anilines is 1. The molecule has 0 aliphatic rings. The number of nitrogens with zero attached hydrogens (tertiary/aromatic N) is 4. The van der Waals surface area contributed by atoms with Crippen molar-refractivity contribution >= 4 is 23.5 Å². The lowest BCUT2D eigenvalue weighted by Gasteiger charge is -2.06. The minimum Gasteiger partial charge on any atom is -0.462 e. The lowest BCUT2D eigenvalue weighted by Crippen LogP contribution is -2.10. The van der Waals surface area contributed by atoms with Crippen molar-refractivity contribution in [3.63, 3.8) is 0 Å². The van der Waals surface area contributed by atoms with Crippen molar-refractivity contribution < 1.29 is 9.53 Å². The average Bonchev–Trinajstić information content (AvgIpc) is 2.80. The monoisotopic (exact) mass is 293 g/mol. The molecule has 2 heterocycles. The fourth-order valence-corrected chi connectivity index (χ4v) is 2.09. The molecule has 0 saturated carbocycles. The lowest BCUT2D eigenvalue weighted by molar-refractivity contribution is 0.0527. The van der Waals surface area contributed by atoms with E-state index in [0.717, 1.165) is 5.03 Å². The van der Waals surface area contributed by atoms with Crippen LogP contribution in [0.25, 0.3) is 5.82 Å². The van der Waals surface area contributed by atoms with Crippen molar-refractivity contribution in [2.24, 2.45) is 0 Å². The quantitative estimate of drug-likeness (QED) is 0.517. The van der Waals surface area contributed by atoms with Gasteiger partial charge in [0.15, 0.2) is 5.82 Å². The second-order valence-electron chi connectivity index (χ2n) is 3.89. The summed E-state index contributed by atoms with van der Waals surface area (Å²) in [7, 11) is 0. The highest BCUT2D eigenvalue weighted by Crippen LogP contribution is 2.20. The molecule has 0 atom stereocenters. The number of carbonyl (C=O) groups excluding carboxylic acids is 1. The van der Waals surface area contributed by atoms with Crippen molar-refractivity contribution in [3.05, 3.63) is 23.7 Å². The third-order valence-corrected chi connectivity index (χ3v) is 3.16. The predicted molar refractivity (Wildman–Crippen MR) is 76.0 cm³/mol. The molecule has 2 N–H and O–H groups in total. The lowest BCUT2D eigenvalue weighted by atomic mass is 10.3. The molecule has 0 fully saturated rings. The van der Waals surface area contributed by atoms with Crippen LogP contribution in [0.3, 0.4) is 0 Å². The van der Waals surface area contributed by atoms with Crippen LogP contribution in [0.2, 0.25) is 0 Å². The largest absolute Gasteiger partial charge is 0.462 e. The average molecular weight is 293 g/mol. The smallest absolute Gasteiger partial charge is 0.343 e. The summed E-state index contributed by atoms with van der Waals surface area (Å²) in [6.07, 6.45) is 3.30. The Morgan fingerprint density at radius 3 is 2.90 bits per heavy atom. The number of ether oxygens (including phenoxy) is 1. The molecule has 2 aromatic rings. The van der Waals surface area contributed by atoms with Gasteiger partial charge >= 0.3 is 5.97 Å². The first kappa shape index (κ1) is 14.3. The van der Waals surface area contributed by atoms with Crippen molar-refractivity contribution in [2.45, 2.75) is 18.9 Å². The Morgan fingerprint density at radius 1 is 1.50 bits per heavy atom. The van der Waals surface area contributed by atoms with E-state index in [4.69, 9.17) is 10.5 Å². The first-order chi connectivity index (χ1) is 9.56. The van der Waals surface area contributed by atoms with E-state index in [0.29, 0.717) is 11.6 Å². The maximum Gasteiger partial charge on any atom is 0.343 e. The molecule has 0 bridgehead atoms. The molecule has 2 rings (SSSR count). The van der Waals surface area contributed by atoms with Crippen LogP contribution in [0, 0.1) is 6.92 Å². The van der Waals surface area contributed by atoms with Crippen molar-refractivity contribution in [1.29, 1.82) is 0 Å². The number of nitrogen functional groups attached to an aromatic ring is 1. The molecule has 0 unspecified atom stereocenters. The van der Waals surface area contributed by atoms with Crippen molar-refractivity contribution in [1.82, 2.24) is 19.7 Å². The van der Waals surface area contributed by atoms with Crippen LogP contribution in [-0.4, -0.2) is 38.6 Å². The molecule has 0 aromatic carbocycles. The molecule has 2 aromatic heterocycles. The zero-order valence-electron chi connectivity index (χ0n) is 11.5. The topological polar surface area (TPSA) is 95.9 Å². The van der Waals surface area contributed by atoms with Gasteiger partial charge in [0, 0.05) is 6.07 Å². The molecule has 20 heavy (non-hydrogen) atoms. The number of hydrogen-bond donors (Lipinski definition) is 1. The van der Waals surface area contributed by atoms with Gasteiger partial charge in [0.2, 0.25) is 0 Å². The number of aromatic nitrogens is 4. The highest BCUT2D eigenvalue weighted by molar-refractivity contribution is 7.98. The van der Waals surface area contributed by atoms with Gasteiger partial charge < -0.3 is 10.5 Å². The van der Waals surface area contributed by atoms with Gasteiger partial charge in [-0.05, 0) is 20.1 Å². The zero-order valence-corrected chi connectivity index (χ0v) is 12.3. The third kappa shape index (κ3) is 2.74. The van der Waals surface area contributed by atoms with Gasteiger partial charge in [-0.25, -0.2) is 14.8 Å². The minimum absolute atomic E-state index is 0.202. The summed E-state index contributed by atoms with van der Waals surface area (Å²) in [5.74, 6) is 0.843. The van der Waals surface area contributed by atoms with Gasteiger partial charge in [-0.2, -0.15) is 9.78 Å². The van der Waals surface area contributed by atoms with E-state index in [-0.39, 0.29) is 18.0 Å². The first-order valence-corrected chi connectivity index (χ1v) is 7.20. The Kier molecular flexibility index (Phi) is 4.23. The first-order valence-electron chi connectivity index (χ1n) is 5.97. The molecule has 0 spiro atoms. The molecule has 106 valence electrons. The normalized spacial score (nSPS) is 10.6. The van der Waals surface area contributed by atoms with Crippen LogP contribution in [0.4, 0.5) is 5.82 Å². The molecule has 0 aliphatic carbocycles. The van der Waals surface area contributed by atoms with Crippen LogP contribution in [-0.2, 0) is 4.74 Å². The number of thioether (sulfide) groups is 1. The van der Waals surface area contributed by atoms with E-state index in [1.165, 1.54) is 22.6 Å². The van der Waals surface area contributed by atoms with Crippen molar-refractivity contribution in [2.75, 3.05) is 18.6 Å². The van der Waals surface area contributed by atoms with Gasteiger partial charge in [0.05, 0.1) is 12.8 Å². The molecule has 8 heteroatoms. The van der Waals surface area contributed by atoms with Gasteiger partial charge in [-0.1, -0.05) is 0 Å². The van der Waals surface area contributed by atoms with E-state index >= 15 is 0 Å². The van der Waals surface area contributed by atoms with Crippen LogP contribution >= 0.6 is 11.8 Å². The van der Waals surface area contributed by atoms with Gasteiger partial charge in [-0.3, -0.25) is 0 Å². The fraction of sp³-hybridized carbons (Fsp3) is 0.333. The Balaban J connectivity index is 2.44. The Morgan fingerprint density at radius 2 is 2.25 bits per heavy atom. The number of carbonyl (C=O) groups is 1. The number of aryl methyl sites for hydroxylation is 1.